The first-order chi connectivity index (χ1) is 16.0. The molecule has 0 fully saturated rings. The molecule has 0 bridgehead atoms. The van der Waals surface area contributed by atoms with Crippen LogP contribution in [-0.4, -0.2) is 36.9 Å². The Morgan fingerprint density at radius 1 is 1.06 bits per heavy atom. The lowest BCUT2D eigenvalue weighted by molar-refractivity contribution is -0.120. The molecule has 0 saturated heterocycles. The van der Waals surface area contributed by atoms with Gasteiger partial charge >= 0.3 is 5.97 Å². The quantitative estimate of drug-likeness (QED) is 0.337. The number of methoxy groups -OCH3 is 1. The molecule has 0 unspecified atom stereocenters. The Bertz CT molecular complexity index is 1120. The van der Waals surface area contributed by atoms with Gasteiger partial charge in [0, 0.05) is 0 Å². The molecule has 3 aromatic rings. The second-order valence-corrected chi connectivity index (χ2v) is 6.82. The van der Waals surface area contributed by atoms with E-state index < -0.39 is 5.97 Å². The van der Waals surface area contributed by atoms with Gasteiger partial charge in [0.2, 0.25) is 11.7 Å². The number of carbonyl (C=O) groups excluding carboxylic acids is 1. The van der Waals surface area contributed by atoms with E-state index in [-0.39, 0.29) is 24.7 Å². The summed E-state index contributed by atoms with van der Waals surface area (Å²) in [4.78, 5) is 23.0. The Labute approximate surface area is 190 Å². The lowest BCUT2D eigenvalue weighted by Crippen LogP contribution is -2.19. The number of aromatic carboxylic acids is 1. The monoisotopic (exact) mass is 452 g/mol. The number of rotatable bonds is 11. The number of nitrogens with one attached hydrogen (secondary N) is 1. The van der Waals surface area contributed by atoms with Crippen LogP contribution in [0.3, 0.4) is 0 Å². The summed E-state index contributed by atoms with van der Waals surface area (Å²) in [6.45, 7) is 2.30. The normalized spacial score (nSPS) is 10.7. The summed E-state index contributed by atoms with van der Waals surface area (Å²) in [5.41, 5.74) is 4.04. The Kier molecular flexibility index (Phi) is 8.07. The van der Waals surface area contributed by atoms with E-state index in [1.165, 1.54) is 12.3 Å². The first-order valence-corrected chi connectivity index (χ1v) is 10.1. The first-order valence-electron chi connectivity index (χ1n) is 10.1. The predicted molar refractivity (Wildman–Crippen MR) is 120 cm³/mol. The summed E-state index contributed by atoms with van der Waals surface area (Å²) in [6, 6.07) is 15.3. The number of hydrazone groups is 1. The topological polar surface area (TPSA) is 120 Å². The van der Waals surface area contributed by atoms with Crippen molar-refractivity contribution in [1.29, 1.82) is 0 Å². The molecule has 0 aliphatic heterocycles. The summed E-state index contributed by atoms with van der Waals surface area (Å²) in [7, 11) is 1.59. The minimum atomic E-state index is -1.14. The van der Waals surface area contributed by atoms with Gasteiger partial charge in [-0.3, -0.25) is 4.79 Å². The molecular weight excluding hydrogens is 428 g/mol. The second-order valence-electron chi connectivity index (χ2n) is 6.82. The van der Waals surface area contributed by atoms with Gasteiger partial charge in [-0.25, -0.2) is 10.2 Å². The summed E-state index contributed by atoms with van der Waals surface area (Å²) in [5.74, 6) is 0.501. The first kappa shape index (κ1) is 23.4. The van der Waals surface area contributed by atoms with Crippen molar-refractivity contribution >= 4 is 18.1 Å². The van der Waals surface area contributed by atoms with Gasteiger partial charge in [0.1, 0.15) is 18.1 Å². The SMILES string of the molecule is CCOc1cc(C=NNC(=O)Cc2ccc(OC)cc2)ccc1OCc1ccc(C(=O)O)o1. The van der Waals surface area contributed by atoms with E-state index in [1.54, 1.807) is 43.5 Å². The molecule has 0 saturated carbocycles. The molecule has 0 atom stereocenters. The van der Waals surface area contributed by atoms with Gasteiger partial charge in [0.15, 0.2) is 11.5 Å². The average Bonchev–Trinajstić information content (AvgIpc) is 3.29. The molecule has 1 amide bonds. The Morgan fingerprint density at radius 2 is 1.85 bits per heavy atom. The van der Waals surface area contributed by atoms with Crippen LogP contribution in [0, 0.1) is 0 Å². The van der Waals surface area contributed by atoms with Crippen LogP contribution in [0.15, 0.2) is 64.1 Å². The van der Waals surface area contributed by atoms with E-state index in [4.69, 9.17) is 23.7 Å². The summed E-state index contributed by atoms with van der Waals surface area (Å²) in [5, 5.41) is 12.9. The van der Waals surface area contributed by atoms with Crippen LogP contribution in [0.2, 0.25) is 0 Å². The van der Waals surface area contributed by atoms with Crippen molar-refractivity contribution in [2.75, 3.05) is 13.7 Å². The van der Waals surface area contributed by atoms with Gasteiger partial charge in [-0.2, -0.15) is 5.10 Å². The molecule has 2 N–H and O–H groups in total. The number of hydrogen-bond acceptors (Lipinski definition) is 7. The van der Waals surface area contributed by atoms with Gasteiger partial charge in [-0.15, -0.1) is 0 Å². The van der Waals surface area contributed by atoms with Crippen LogP contribution in [-0.2, 0) is 17.8 Å². The maximum absolute atomic E-state index is 12.1. The number of amides is 1. The molecule has 0 spiro atoms. The molecule has 172 valence electrons. The number of furan rings is 1. The molecule has 33 heavy (non-hydrogen) atoms. The number of nitrogens with zero attached hydrogens (tertiary/aromatic N) is 1. The third kappa shape index (κ3) is 6.86. The smallest absolute Gasteiger partial charge is 0.371 e. The van der Waals surface area contributed by atoms with E-state index in [2.05, 4.69) is 10.5 Å². The Balaban J connectivity index is 1.58. The highest BCUT2D eigenvalue weighted by atomic mass is 16.5. The van der Waals surface area contributed by atoms with Crippen molar-refractivity contribution in [3.8, 4) is 17.2 Å². The zero-order chi connectivity index (χ0) is 23.6. The fourth-order valence-electron chi connectivity index (χ4n) is 2.86. The fraction of sp³-hybridized carbons (Fsp3) is 0.208. The maximum Gasteiger partial charge on any atom is 0.371 e. The van der Waals surface area contributed by atoms with Gasteiger partial charge in [0.05, 0.1) is 26.4 Å². The van der Waals surface area contributed by atoms with Gasteiger partial charge < -0.3 is 23.7 Å². The molecule has 9 heteroatoms. The van der Waals surface area contributed by atoms with Crippen molar-refractivity contribution < 1.29 is 33.3 Å². The highest BCUT2D eigenvalue weighted by molar-refractivity contribution is 5.84. The van der Waals surface area contributed by atoms with Crippen LogP contribution >= 0.6 is 0 Å². The van der Waals surface area contributed by atoms with Crippen molar-refractivity contribution in [3.63, 3.8) is 0 Å². The maximum atomic E-state index is 12.1. The van der Waals surface area contributed by atoms with Gasteiger partial charge in [-0.1, -0.05) is 12.1 Å². The van der Waals surface area contributed by atoms with Gasteiger partial charge in [0.25, 0.3) is 0 Å². The number of carboxylic acids is 1. The molecule has 1 heterocycles. The number of carbonyl (C=O) groups is 2. The van der Waals surface area contributed by atoms with Gasteiger partial charge in [-0.05, 0) is 60.5 Å². The van der Waals surface area contributed by atoms with E-state index in [9.17, 15) is 9.59 Å². The van der Waals surface area contributed by atoms with E-state index >= 15 is 0 Å². The third-order valence-corrected chi connectivity index (χ3v) is 4.44. The number of carboxylic acid groups (broad SMARTS) is 1. The molecule has 0 aliphatic rings. The zero-order valence-corrected chi connectivity index (χ0v) is 18.2. The molecule has 3 rings (SSSR count). The summed E-state index contributed by atoms with van der Waals surface area (Å²) >= 11 is 0. The van der Waals surface area contributed by atoms with Crippen LogP contribution < -0.4 is 19.6 Å². The van der Waals surface area contributed by atoms with Crippen molar-refractivity contribution in [2.45, 2.75) is 20.0 Å². The largest absolute Gasteiger partial charge is 0.497 e. The van der Waals surface area contributed by atoms with E-state index in [0.29, 0.717) is 29.4 Å². The van der Waals surface area contributed by atoms with Crippen molar-refractivity contribution in [2.24, 2.45) is 5.10 Å². The molecular formula is C24H24N2O7. The predicted octanol–water partition coefficient (Wildman–Crippen LogP) is 3.66. The number of hydrogen-bond donors (Lipinski definition) is 2. The highest BCUT2D eigenvalue weighted by Gasteiger charge is 2.11. The average molecular weight is 452 g/mol. The molecule has 9 nitrogen and oxygen atoms in total. The minimum absolute atomic E-state index is 0.0439. The highest BCUT2D eigenvalue weighted by Crippen LogP contribution is 2.29. The van der Waals surface area contributed by atoms with Crippen molar-refractivity contribution in [3.05, 3.63) is 77.2 Å². The Hall–Kier alpha value is -4.27. The van der Waals surface area contributed by atoms with Crippen LogP contribution in [0.25, 0.3) is 0 Å². The summed E-state index contributed by atoms with van der Waals surface area (Å²) < 4.78 is 21.6. The number of ether oxygens (including phenoxy) is 3. The van der Waals surface area contributed by atoms with Crippen LogP contribution in [0.4, 0.5) is 0 Å². The van der Waals surface area contributed by atoms with E-state index in [0.717, 1.165) is 11.3 Å². The fourth-order valence-corrected chi connectivity index (χ4v) is 2.86. The van der Waals surface area contributed by atoms with Crippen molar-refractivity contribution in [1.82, 2.24) is 5.43 Å². The lowest BCUT2D eigenvalue weighted by atomic mass is 10.1. The third-order valence-electron chi connectivity index (χ3n) is 4.44. The van der Waals surface area contributed by atoms with Crippen LogP contribution in [0.5, 0.6) is 17.2 Å². The molecule has 1 aromatic heterocycles. The summed E-state index contributed by atoms with van der Waals surface area (Å²) in [6.07, 6.45) is 1.69. The Morgan fingerprint density at radius 3 is 2.52 bits per heavy atom. The van der Waals surface area contributed by atoms with Crippen LogP contribution in [0.1, 0.15) is 34.4 Å². The molecule has 0 radical (unpaired) electrons. The number of benzene rings is 2. The minimum Gasteiger partial charge on any atom is -0.497 e. The van der Waals surface area contributed by atoms with E-state index in [1.807, 2.05) is 19.1 Å². The molecule has 2 aromatic carbocycles. The molecule has 0 aliphatic carbocycles. The zero-order valence-electron chi connectivity index (χ0n) is 18.2. The standard InChI is InChI=1S/C24H24N2O7/c1-3-31-22-12-17(6-10-20(22)32-15-19-9-11-21(33-19)24(28)29)14-25-26-23(27)13-16-4-7-18(30-2)8-5-16/h4-12,14H,3,13,15H2,1-2H3,(H,26,27)(H,28,29). The lowest BCUT2D eigenvalue weighted by Gasteiger charge is -2.11. The second kappa shape index (κ2) is 11.4.